The largest absolute Gasteiger partial charge is 0.470 e. The molecule has 0 aromatic carbocycles. The topological polar surface area (TPSA) is 39.4 Å². The highest BCUT2D eigenvalue weighted by atomic mass is 79.9. The van der Waals surface area contributed by atoms with E-state index in [4.69, 9.17) is 9.15 Å². The van der Waals surface area contributed by atoms with E-state index < -0.39 is 0 Å². The van der Waals surface area contributed by atoms with Gasteiger partial charge in [-0.3, -0.25) is 0 Å². The van der Waals surface area contributed by atoms with Crippen LogP contribution in [0.4, 0.5) is 0 Å². The molecule has 0 aliphatic heterocycles. The third-order valence-corrected chi connectivity index (χ3v) is 1.72. The van der Waals surface area contributed by atoms with Crippen molar-refractivity contribution in [1.82, 2.24) is 0 Å². The number of carbonyl (C=O) groups excluding carboxylic acids is 1. The highest BCUT2D eigenvalue weighted by molar-refractivity contribution is 9.10. The molecule has 1 heterocycles. The fourth-order valence-electron chi connectivity index (χ4n) is 0.636. The summed E-state index contributed by atoms with van der Waals surface area (Å²) in [6, 6.07) is 0. The Bertz CT molecular complexity index is 254. The third kappa shape index (κ3) is 1.83. The van der Waals surface area contributed by atoms with Crippen molar-refractivity contribution in [2.24, 2.45) is 0 Å². The van der Waals surface area contributed by atoms with Crippen LogP contribution in [-0.2, 0) is 4.74 Å². The minimum absolute atomic E-state index is 0.367. The molecule has 3 nitrogen and oxygen atoms in total. The Morgan fingerprint density at radius 2 is 2.45 bits per heavy atom. The highest BCUT2D eigenvalue weighted by Gasteiger charge is 2.12. The van der Waals surface area contributed by atoms with Crippen LogP contribution >= 0.6 is 15.9 Å². The predicted octanol–water partition coefficient (Wildman–Crippen LogP) is 2.22. The second kappa shape index (κ2) is 3.57. The maximum Gasteiger partial charge on any atom is 0.342 e. The summed E-state index contributed by atoms with van der Waals surface area (Å²) in [7, 11) is 0. The molecule has 4 heteroatoms. The van der Waals surface area contributed by atoms with Crippen LogP contribution in [0.5, 0.6) is 0 Å². The lowest BCUT2D eigenvalue weighted by Crippen LogP contribution is -2.03. The average Bonchev–Trinajstić information content (AvgIpc) is 2.36. The minimum atomic E-state index is -0.367. The molecule has 1 aromatic heterocycles. The van der Waals surface area contributed by atoms with E-state index in [2.05, 4.69) is 15.9 Å². The summed E-state index contributed by atoms with van der Waals surface area (Å²) >= 11 is 3.14. The monoisotopic (exact) mass is 218 g/mol. The SMILES string of the molecule is CCOC(=O)c1cocc1Br. The molecule has 60 valence electrons. The smallest absolute Gasteiger partial charge is 0.342 e. The zero-order valence-electron chi connectivity index (χ0n) is 5.96. The van der Waals surface area contributed by atoms with Crippen LogP contribution in [0.2, 0.25) is 0 Å². The molecule has 0 atom stereocenters. The fourth-order valence-corrected chi connectivity index (χ4v) is 0.999. The average molecular weight is 219 g/mol. The Hall–Kier alpha value is -0.770. The van der Waals surface area contributed by atoms with Gasteiger partial charge in [-0.15, -0.1) is 0 Å². The maximum atomic E-state index is 11.0. The van der Waals surface area contributed by atoms with Gasteiger partial charge in [0.1, 0.15) is 18.1 Å². The van der Waals surface area contributed by atoms with Crippen LogP contribution in [0.3, 0.4) is 0 Å². The molecule has 0 spiro atoms. The molecular formula is C7H7BrO3. The van der Waals surface area contributed by atoms with Crippen molar-refractivity contribution in [3.63, 3.8) is 0 Å². The summed E-state index contributed by atoms with van der Waals surface area (Å²) in [5.74, 6) is -0.367. The van der Waals surface area contributed by atoms with Crippen LogP contribution in [0, 0.1) is 0 Å². The number of hydrogen-bond donors (Lipinski definition) is 0. The Labute approximate surface area is 72.5 Å². The van der Waals surface area contributed by atoms with Crippen molar-refractivity contribution in [3.05, 3.63) is 22.6 Å². The van der Waals surface area contributed by atoms with E-state index in [-0.39, 0.29) is 5.97 Å². The van der Waals surface area contributed by atoms with Crippen LogP contribution in [0.15, 0.2) is 21.4 Å². The number of furan rings is 1. The number of hydrogen-bond acceptors (Lipinski definition) is 3. The first-order valence-corrected chi connectivity index (χ1v) is 3.93. The van der Waals surface area contributed by atoms with Crippen LogP contribution in [0.25, 0.3) is 0 Å². The van der Waals surface area contributed by atoms with Gasteiger partial charge in [0.05, 0.1) is 11.1 Å². The minimum Gasteiger partial charge on any atom is -0.470 e. The van der Waals surface area contributed by atoms with Crippen molar-refractivity contribution >= 4 is 21.9 Å². The molecule has 0 saturated heterocycles. The molecule has 1 rings (SSSR count). The molecule has 11 heavy (non-hydrogen) atoms. The molecule has 0 fully saturated rings. The molecule has 0 amide bonds. The zero-order chi connectivity index (χ0) is 8.27. The highest BCUT2D eigenvalue weighted by Crippen LogP contribution is 2.17. The first kappa shape index (κ1) is 8.33. The summed E-state index contributed by atoms with van der Waals surface area (Å²) in [5.41, 5.74) is 0.423. The van der Waals surface area contributed by atoms with Crippen LogP contribution < -0.4 is 0 Å². The molecule has 0 N–H and O–H groups in total. The van der Waals surface area contributed by atoms with Gasteiger partial charge in [-0.2, -0.15) is 0 Å². The van der Waals surface area contributed by atoms with E-state index in [0.29, 0.717) is 16.6 Å². The van der Waals surface area contributed by atoms with Crippen molar-refractivity contribution in [1.29, 1.82) is 0 Å². The van der Waals surface area contributed by atoms with E-state index in [1.54, 1.807) is 6.92 Å². The Morgan fingerprint density at radius 3 is 2.91 bits per heavy atom. The molecular weight excluding hydrogens is 212 g/mol. The van der Waals surface area contributed by atoms with E-state index in [0.717, 1.165) is 0 Å². The third-order valence-electron chi connectivity index (χ3n) is 1.11. The molecule has 0 saturated carbocycles. The van der Waals surface area contributed by atoms with Crippen molar-refractivity contribution in [2.45, 2.75) is 6.92 Å². The molecule has 0 aliphatic carbocycles. The number of carbonyl (C=O) groups is 1. The van der Waals surface area contributed by atoms with Crippen LogP contribution in [-0.4, -0.2) is 12.6 Å². The first-order chi connectivity index (χ1) is 5.25. The van der Waals surface area contributed by atoms with E-state index in [1.807, 2.05) is 0 Å². The normalized spacial score (nSPS) is 9.64. The zero-order valence-corrected chi connectivity index (χ0v) is 7.55. The Morgan fingerprint density at radius 1 is 1.73 bits per heavy atom. The van der Waals surface area contributed by atoms with Gasteiger partial charge in [0.25, 0.3) is 0 Å². The van der Waals surface area contributed by atoms with Gasteiger partial charge in [0.2, 0.25) is 0 Å². The van der Waals surface area contributed by atoms with Gasteiger partial charge >= 0.3 is 5.97 Å². The molecule has 0 aliphatic rings. The van der Waals surface area contributed by atoms with Crippen molar-refractivity contribution in [3.8, 4) is 0 Å². The van der Waals surface area contributed by atoms with Gasteiger partial charge in [0, 0.05) is 0 Å². The number of esters is 1. The Balaban J connectivity index is 2.76. The van der Waals surface area contributed by atoms with Gasteiger partial charge in [-0.05, 0) is 22.9 Å². The molecule has 0 radical (unpaired) electrons. The van der Waals surface area contributed by atoms with E-state index in [1.165, 1.54) is 12.5 Å². The second-order valence-electron chi connectivity index (χ2n) is 1.85. The van der Waals surface area contributed by atoms with Crippen molar-refractivity contribution in [2.75, 3.05) is 6.61 Å². The van der Waals surface area contributed by atoms with Gasteiger partial charge < -0.3 is 9.15 Å². The lowest BCUT2D eigenvalue weighted by Gasteiger charge is -1.96. The van der Waals surface area contributed by atoms with Crippen molar-refractivity contribution < 1.29 is 13.9 Å². The summed E-state index contributed by atoms with van der Waals surface area (Å²) in [6.07, 6.45) is 2.79. The van der Waals surface area contributed by atoms with Gasteiger partial charge in [-0.25, -0.2) is 4.79 Å². The van der Waals surface area contributed by atoms with E-state index in [9.17, 15) is 4.79 Å². The molecule has 1 aromatic rings. The standard InChI is InChI=1S/C7H7BrO3/c1-2-11-7(9)5-3-10-4-6(5)8/h3-4H,2H2,1H3. The Kier molecular flexibility index (Phi) is 2.70. The lowest BCUT2D eigenvalue weighted by molar-refractivity contribution is 0.0524. The quantitative estimate of drug-likeness (QED) is 0.716. The fraction of sp³-hybridized carbons (Fsp3) is 0.286. The summed E-state index contributed by atoms with van der Waals surface area (Å²) < 4.78 is 10.1. The van der Waals surface area contributed by atoms with E-state index >= 15 is 0 Å². The second-order valence-corrected chi connectivity index (χ2v) is 2.71. The van der Waals surface area contributed by atoms with Crippen LogP contribution in [0.1, 0.15) is 17.3 Å². The maximum absolute atomic E-state index is 11.0. The van der Waals surface area contributed by atoms with Gasteiger partial charge in [0.15, 0.2) is 0 Å². The lowest BCUT2D eigenvalue weighted by atomic mass is 10.3. The molecule has 0 unspecified atom stereocenters. The van der Waals surface area contributed by atoms with Gasteiger partial charge in [-0.1, -0.05) is 0 Å². The first-order valence-electron chi connectivity index (χ1n) is 3.14. The predicted molar refractivity (Wildman–Crippen MR) is 42.4 cm³/mol. The summed E-state index contributed by atoms with van der Waals surface area (Å²) in [4.78, 5) is 11.0. The molecule has 0 bridgehead atoms. The summed E-state index contributed by atoms with van der Waals surface area (Å²) in [5, 5.41) is 0. The summed E-state index contributed by atoms with van der Waals surface area (Å²) in [6.45, 7) is 2.13. The number of rotatable bonds is 2. The number of ether oxygens (including phenoxy) is 1. The number of halogens is 1.